The van der Waals surface area contributed by atoms with E-state index in [1.54, 1.807) is 38.5 Å². The maximum atomic E-state index is 11.2. The van der Waals surface area contributed by atoms with Crippen molar-refractivity contribution in [2.45, 2.75) is 13.8 Å². The zero-order valence-electron chi connectivity index (χ0n) is 19.0. The Morgan fingerprint density at radius 3 is 2.09 bits per heavy atom. The molecule has 0 fully saturated rings. The molecule has 0 aliphatic heterocycles. The molecular formula is C26H29NO5. The predicted molar refractivity (Wildman–Crippen MR) is 128 cm³/mol. The Hall–Kier alpha value is -3.80. The van der Waals surface area contributed by atoms with Gasteiger partial charge in [0.05, 0.1) is 32.6 Å². The van der Waals surface area contributed by atoms with Crippen LogP contribution in [0.3, 0.4) is 0 Å². The van der Waals surface area contributed by atoms with Crippen molar-refractivity contribution in [3.8, 4) is 51.0 Å². The summed E-state index contributed by atoms with van der Waals surface area (Å²) in [4.78, 5) is 0. The van der Waals surface area contributed by atoms with E-state index in [9.17, 15) is 10.2 Å². The predicted octanol–water partition coefficient (Wildman–Crippen LogP) is 5.84. The first-order chi connectivity index (χ1) is 15.4. The maximum absolute atomic E-state index is 11.2. The van der Waals surface area contributed by atoms with Crippen LogP contribution in [-0.2, 0) is 0 Å². The van der Waals surface area contributed by atoms with Gasteiger partial charge in [-0.2, -0.15) is 0 Å². The van der Waals surface area contributed by atoms with Gasteiger partial charge in [-0.05, 0) is 55.3 Å². The van der Waals surface area contributed by atoms with Gasteiger partial charge in [-0.3, -0.25) is 0 Å². The van der Waals surface area contributed by atoms with Crippen LogP contribution in [0.2, 0.25) is 0 Å². The smallest absolute Gasteiger partial charge is 0.170 e. The molecule has 6 heteroatoms. The standard InChI is InChI=1S/C26H29NO5/c1-16(2)12-13-27-21-11-8-18(14-22(21)30-3)24-23(31-4)15-20(26(32-5)25(24)29)17-6-9-19(28)10-7-17/h6-12,14-15,27-29H,13H2,1-5H3. The van der Waals surface area contributed by atoms with Gasteiger partial charge in [0, 0.05) is 12.1 Å². The number of rotatable bonds is 8. The Morgan fingerprint density at radius 2 is 1.50 bits per heavy atom. The lowest BCUT2D eigenvalue weighted by molar-refractivity contribution is 0.369. The summed E-state index contributed by atoms with van der Waals surface area (Å²) in [5.41, 5.74) is 4.72. The number of hydrogen-bond acceptors (Lipinski definition) is 6. The van der Waals surface area contributed by atoms with E-state index in [4.69, 9.17) is 14.2 Å². The lowest BCUT2D eigenvalue weighted by atomic mass is 9.96. The molecule has 3 rings (SSSR count). The van der Waals surface area contributed by atoms with Crippen molar-refractivity contribution >= 4 is 5.69 Å². The molecule has 3 N–H and O–H groups in total. The third-order valence-corrected chi connectivity index (χ3v) is 5.11. The van der Waals surface area contributed by atoms with Crippen molar-refractivity contribution < 1.29 is 24.4 Å². The highest BCUT2D eigenvalue weighted by molar-refractivity contribution is 5.88. The summed E-state index contributed by atoms with van der Waals surface area (Å²) in [7, 11) is 4.67. The highest BCUT2D eigenvalue weighted by Crippen LogP contribution is 2.50. The molecule has 0 radical (unpaired) electrons. The second-order valence-electron chi connectivity index (χ2n) is 7.51. The molecule has 0 atom stereocenters. The van der Waals surface area contributed by atoms with Crippen LogP contribution >= 0.6 is 0 Å². The number of anilines is 1. The molecule has 0 heterocycles. The van der Waals surface area contributed by atoms with Gasteiger partial charge in [-0.1, -0.05) is 29.8 Å². The number of hydrogen-bond donors (Lipinski definition) is 3. The van der Waals surface area contributed by atoms with Crippen LogP contribution in [0.1, 0.15) is 13.8 Å². The fraction of sp³-hybridized carbons (Fsp3) is 0.231. The van der Waals surface area contributed by atoms with Crippen molar-refractivity contribution in [3.63, 3.8) is 0 Å². The quantitative estimate of drug-likeness (QED) is 0.386. The number of nitrogens with one attached hydrogen (secondary N) is 1. The third kappa shape index (κ3) is 4.75. The first-order valence-corrected chi connectivity index (χ1v) is 10.2. The molecule has 0 aliphatic carbocycles. The van der Waals surface area contributed by atoms with E-state index in [1.165, 1.54) is 12.7 Å². The molecule has 0 saturated carbocycles. The molecule has 3 aromatic carbocycles. The highest BCUT2D eigenvalue weighted by Gasteiger charge is 2.22. The zero-order valence-corrected chi connectivity index (χ0v) is 19.0. The van der Waals surface area contributed by atoms with E-state index in [0.717, 1.165) is 16.8 Å². The minimum atomic E-state index is -0.0396. The van der Waals surface area contributed by atoms with Gasteiger partial charge in [0.2, 0.25) is 0 Å². The van der Waals surface area contributed by atoms with Crippen LogP contribution in [0.4, 0.5) is 5.69 Å². The molecule has 168 valence electrons. The molecule has 0 aromatic heterocycles. The average Bonchev–Trinajstić information content (AvgIpc) is 2.79. The Labute approximate surface area is 188 Å². The Morgan fingerprint density at radius 1 is 0.844 bits per heavy atom. The Kier molecular flexibility index (Phi) is 7.15. The van der Waals surface area contributed by atoms with Gasteiger partial charge in [-0.25, -0.2) is 0 Å². The number of methoxy groups -OCH3 is 3. The molecule has 0 spiro atoms. The number of benzene rings is 3. The van der Waals surface area contributed by atoms with Crippen molar-refractivity contribution in [2.75, 3.05) is 33.2 Å². The van der Waals surface area contributed by atoms with E-state index >= 15 is 0 Å². The van der Waals surface area contributed by atoms with Crippen molar-refractivity contribution in [1.29, 1.82) is 0 Å². The molecule has 0 unspecified atom stereocenters. The van der Waals surface area contributed by atoms with E-state index in [0.29, 0.717) is 34.9 Å². The monoisotopic (exact) mass is 435 g/mol. The van der Waals surface area contributed by atoms with Gasteiger partial charge in [0.15, 0.2) is 11.5 Å². The molecule has 0 amide bonds. The molecule has 6 nitrogen and oxygen atoms in total. The molecule has 0 aliphatic rings. The van der Waals surface area contributed by atoms with Gasteiger partial charge >= 0.3 is 0 Å². The van der Waals surface area contributed by atoms with Crippen LogP contribution in [0.5, 0.6) is 28.7 Å². The van der Waals surface area contributed by atoms with Crippen LogP contribution in [0.25, 0.3) is 22.3 Å². The van der Waals surface area contributed by atoms with Gasteiger partial charge in [-0.15, -0.1) is 0 Å². The summed E-state index contributed by atoms with van der Waals surface area (Å²) in [6.07, 6.45) is 2.09. The lowest BCUT2D eigenvalue weighted by Crippen LogP contribution is -2.01. The van der Waals surface area contributed by atoms with Crippen LogP contribution < -0.4 is 19.5 Å². The molecule has 3 aromatic rings. The molecule has 0 bridgehead atoms. The first-order valence-electron chi connectivity index (χ1n) is 10.2. The fourth-order valence-electron chi connectivity index (χ4n) is 3.49. The van der Waals surface area contributed by atoms with E-state index < -0.39 is 0 Å². The second-order valence-corrected chi connectivity index (χ2v) is 7.51. The van der Waals surface area contributed by atoms with Crippen LogP contribution in [0.15, 0.2) is 60.2 Å². The minimum Gasteiger partial charge on any atom is -0.508 e. The summed E-state index contributed by atoms with van der Waals surface area (Å²) in [5.74, 6) is 1.57. The number of phenols is 2. The SMILES string of the molecule is COc1cc(-c2c(OC)cc(-c3ccc(O)cc3)c(OC)c2O)ccc1NCC=C(C)C. The van der Waals surface area contributed by atoms with Crippen molar-refractivity contribution in [1.82, 2.24) is 0 Å². The Balaban J connectivity index is 2.11. The largest absolute Gasteiger partial charge is 0.508 e. The first kappa shape index (κ1) is 22.9. The Bertz CT molecular complexity index is 1120. The van der Waals surface area contributed by atoms with E-state index in [2.05, 4.69) is 11.4 Å². The lowest BCUT2D eigenvalue weighted by Gasteiger charge is -2.19. The van der Waals surface area contributed by atoms with Gasteiger partial charge in [0.25, 0.3) is 0 Å². The normalized spacial score (nSPS) is 10.4. The third-order valence-electron chi connectivity index (χ3n) is 5.11. The van der Waals surface area contributed by atoms with Gasteiger partial charge in [0.1, 0.15) is 17.2 Å². The molecular weight excluding hydrogens is 406 g/mol. The number of aromatic hydroxyl groups is 2. The maximum Gasteiger partial charge on any atom is 0.170 e. The summed E-state index contributed by atoms with van der Waals surface area (Å²) in [5, 5.41) is 24.1. The van der Waals surface area contributed by atoms with E-state index in [1.807, 2.05) is 38.1 Å². The summed E-state index contributed by atoms with van der Waals surface area (Å²) < 4.78 is 16.8. The fourth-order valence-corrected chi connectivity index (χ4v) is 3.49. The molecule has 32 heavy (non-hydrogen) atoms. The minimum absolute atomic E-state index is 0.0396. The highest BCUT2D eigenvalue weighted by atomic mass is 16.5. The summed E-state index contributed by atoms with van der Waals surface area (Å²) in [6, 6.07) is 14.1. The second kappa shape index (κ2) is 10.0. The number of phenolic OH excluding ortho intramolecular Hbond substituents is 2. The number of allylic oxidation sites excluding steroid dienone is 1. The van der Waals surface area contributed by atoms with Gasteiger partial charge < -0.3 is 29.7 Å². The molecule has 0 saturated heterocycles. The van der Waals surface area contributed by atoms with Crippen molar-refractivity contribution in [3.05, 3.63) is 60.2 Å². The number of ether oxygens (including phenoxy) is 3. The summed E-state index contributed by atoms with van der Waals surface area (Å²) in [6.45, 7) is 4.78. The van der Waals surface area contributed by atoms with E-state index in [-0.39, 0.29) is 11.5 Å². The van der Waals surface area contributed by atoms with Crippen LogP contribution in [-0.4, -0.2) is 38.1 Å². The topological polar surface area (TPSA) is 80.2 Å². The van der Waals surface area contributed by atoms with Crippen molar-refractivity contribution in [2.24, 2.45) is 0 Å². The average molecular weight is 436 g/mol. The zero-order chi connectivity index (χ0) is 23.3. The van der Waals surface area contributed by atoms with Crippen LogP contribution in [0, 0.1) is 0 Å². The summed E-state index contributed by atoms with van der Waals surface area (Å²) >= 11 is 0.